The van der Waals surface area contributed by atoms with E-state index in [4.69, 9.17) is 5.73 Å². The highest BCUT2D eigenvalue weighted by atomic mass is 31.1. The SMILES string of the molecule is CC1(C)CCC(C)(C)c2cc(CC(O)([PH+]=O)C(CCC(N)=O)C(=O)O)ccc21. The Morgan fingerprint density at radius 2 is 1.75 bits per heavy atom. The standard InChI is InChI=1S/C21H30NO5P/c1-19(2)9-10-20(3,4)16-11-13(5-6-14(16)19)12-21(26,28-27)15(18(24)25)7-8-17(22)23/h5-6,11,15,26H,7-10,12H2,1-4H3,(H2,22,23)(H,24,25)/p+1. The third-order valence-electron chi connectivity index (χ3n) is 6.12. The van der Waals surface area contributed by atoms with Gasteiger partial charge in [0.25, 0.3) is 5.34 Å². The molecule has 0 heterocycles. The normalized spacial score (nSPS) is 20.8. The Balaban J connectivity index is 2.40. The number of carbonyl (C=O) groups excluding carboxylic acids is 1. The summed E-state index contributed by atoms with van der Waals surface area (Å²) in [5.74, 6) is -3.27. The molecule has 6 nitrogen and oxygen atoms in total. The van der Waals surface area contributed by atoms with Gasteiger partial charge in [-0.15, -0.1) is 0 Å². The number of hydrogen-bond donors (Lipinski definition) is 3. The summed E-state index contributed by atoms with van der Waals surface area (Å²) in [7, 11) is -1.24. The highest BCUT2D eigenvalue weighted by molar-refractivity contribution is 7.25. The Morgan fingerprint density at radius 3 is 2.25 bits per heavy atom. The minimum Gasteiger partial charge on any atom is -0.481 e. The van der Waals surface area contributed by atoms with Gasteiger partial charge in [-0.3, -0.25) is 9.59 Å². The third kappa shape index (κ3) is 4.61. The number of hydrogen-bond acceptors (Lipinski definition) is 4. The van der Waals surface area contributed by atoms with Crippen LogP contribution in [0.25, 0.3) is 0 Å². The molecule has 1 aliphatic rings. The van der Waals surface area contributed by atoms with E-state index in [0.717, 1.165) is 18.4 Å². The number of carboxylic acids is 1. The van der Waals surface area contributed by atoms with E-state index in [1.807, 2.05) is 18.2 Å². The van der Waals surface area contributed by atoms with Crippen molar-refractivity contribution in [1.29, 1.82) is 0 Å². The molecule has 1 aliphatic carbocycles. The van der Waals surface area contributed by atoms with E-state index in [1.54, 1.807) is 0 Å². The van der Waals surface area contributed by atoms with Gasteiger partial charge in [-0.25, -0.2) is 0 Å². The van der Waals surface area contributed by atoms with Crippen LogP contribution >= 0.6 is 8.46 Å². The highest BCUT2D eigenvalue weighted by Crippen LogP contribution is 2.46. The fraction of sp³-hybridized carbons (Fsp3) is 0.619. The largest absolute Gasteiger partial charge is 0.481 e. The highest BCUT2D eigenvalue weighted by Gasteiger charge is 2.49. The molecular weight excluding hydrogens is 377 g/mol. The lowest BCUT2D eigenvalue weighted by atomic mass is 9.63. The van der Waals surface area contributed by atoms with E-state index in [2.05, 4.69) is 27.7 Å². The number of primary amides is 1. The Bertz CT molecular complexity index is 789. The van der Waals surface area contributed by atoms with Gasteiger partial charge in [0.15, 0.2) is 0 Å². The Labute approximate surface area is 167 Å². The number of aliphatic hydroxyl groups is 1. The van der Waals surface area contributed by atoms with E-state index < -0.39 is 31.6 Å². The number of rotatable bonds is 8. The fourth-order valence-corrected chi connectivity index (χ4v) is 4.83. The molecule has 0 saturated carbocycles. The van der Waals surface area contributed by atoms with Crippen LogP contribution in [-0.4, -0.2) is 27.4 Å². The number of fused-ring (bicyclic) bond motifs is 1. The maximum Gasteiger partial charge on any atom is 0.360 e. The monoisotopic (exact) mass is 408 g/mol. The van der Waals surface area contributed by atoms with Gasteiger partial charge < -0.3 is 15.9 Å². The Kier molecular flexibility index (Phi) is 6.37. The molecule has 1 aromatic carbocycles. The van der Waals surface area contributed by atoms with Crippen molar-refractivity contribution in [3.63, 3.8) is 0 Å². The molecule has 2 rings (SSSR count). The van der Waals surface area contributed by atoms with E-state index in [0.29, 0.717) is 0 Å². The summed E-state index contributed by atoms with van der Waals surface area (Å²) in [6.45, 7) is 8.78. The number of nitrogens with two attached hydrogens (primary N) is 1. The molecule has 154 valence electrons. The molecule has 0 fully saturated rings. The minimum atomic E-state index is -1.95. The zero-order chi connectivity index (χ0) is 21.3. The zero-order valence-electron chi connectivity index (χ0n) is 17.0. The maximum absolute atomic E-state index is 11.9. The van der Waals surface area contributed by atoms with Crippen LogP contribution in [0.2, 0.25) is 0 Å². The second-order valence-electron chi connectivity index (χ2n) is 9.25. The summed E-state index contributed by atoms with van der Waals surface area (Å²) in [4.78, 5) is 22.7. The molecule has 4 N–H and O–H groups in total. The van der Waals surface area contributed by atoms with Crippen molar-refractivity contribution in [2.75, 3.05) is 0 Å². The van der Waals surface area contributed by atoms with Crippen LogP contribution in [0.5, 0.6) is 0 Å². The van der Waals surface area contributed by atoms with Crippen LogP contribution < -0.4 is 5.73 Å². The van der Waals surface area contributed by atoms with Gasteiger partial charge >= 0.3 is 14.4 Å². The fourth-order valence-electron chi connectivity index (χ4n) is 4.14. The lowest BCUT2D eigenvalue weighted by molar-refractivity contribution is -0.147. The van der Waals surface area contributed by atoms with Crippen LogP contribution in [0.3, 0.4) is 0 Å². The Hall–Kier alpha value is -1.78. The summed E-state index contributed by atoms with van der Waals surface area (Å²) in [6.07, 6.45) is 1.70. The van der Waals surface area contributed by atoms with Gasteiger partial charge in [-0.05, 0) is 46.8 Å². The average molecular weight is 408 g/mol. The number of aliphatic carboxylic acids is 1. The summed E-state index contributed by atoms with van der Waals surface area (Å²) >= 11 is 0. The topological polar surface area (TPSA) is 118 Å². The van der Waals surface area contributed by atoms with E-state index in [9.17, 15) is 24.4 Å². The van der Waals surface area contributed by atoms with Gasteiger partial charge in [0.05, 0.1) is 0 Å². The van der Waals surface area contributed by atoms with Crippen molar-refractivity contribution < 1.29 is 24.4 Å². The summed E-state index contributed by atoms with van der Waals surface area (Å²) in [5, 5.41) is 18.5. The lowest BCUT2D eigenvalue weighted by Gasteiger charge is -2.42. The molecule has 7 heteroatoms. The van der Waals surface area contributed by atoms with Crippen molar-refractivity contribution >= 4 is 20.3 Å². The molecule has 0 aromatic heterocycles. The quantitative estimate of drug-likeness (QED) is 0.571. The molecule has 0 spiro atoms. The molecule has 0 aliphatic heterocycles. The maximum atomic E-state index is 11.9. The molecule has 0 radical (unpaired) electrons. The number of benzene rings is 1. The summed E-state index contributed by atoms with van der Waals surface area (Å²) in [5.41, 5.74) is 8.31. The van der Waals surface area contributed by atoms with Crippen LogP contribution in [-0.2, 0) is 31.4 Å². The molecule has 3 unspecified atom stereocenters. The van der Waals surface area contributed by atoms with Crippen LogP contribution in [0.15, 0.2) is 18.2 Å². The van der Waals surface area contributed by atoms with Crippen molar-refractivity contribution in [3.05, 3.63) is 34.9 Å². The van der Waals surface area contributed by atoms with Crippen molar-refractivity contribution in [2.24, 2.45) is 11.7 Å². The van der Waals surface area contributed by atoms with Crippen molar-refractivity contribution in [1.82, 2.24) is 0 Å². The summed E-state index contributed by atoms with van der Waals surface area (Å²) in [6, 6.07) is 5.92. The molecular formula is C21H31NO5P+. The molecule has 0 saturated heterocycles. The second-order valence-corrected chi connectivity index (χ2v) is 10.3. The first kappa shape index (κ1) is 22.5. The number of carboxylic acid groups (broad SMARTS) is 1. The van der Waals surface area contributed by atoms with Crippen molar-refractivity contribution in [2.45, 2.75) is 76.0 Å². The van der Waals surface area contributed by atoms with Crippen molar-refractivity contribution in [3.8, 4) is 0 Å². The predicted molar refractivity (Wildman–Crippen MR) is 109 cm³/mol. The van der Waals surface area contributed by atoms with Gasteiger partial charge in [0, 0.05) is 12.8 Å². The van der Waals surface area contributed by atoms with Gasteiger partial charge in [-0.1, -0.05) is 50.5 Å². The third-order valence-corrected chi connectivity index (χ3v) is 7.00. The van der Waals surface area contributed by atoms with Gasteiger partial charge in [0.2, 0.25) is 5.91 Å². The second kappa shape index (κ2) is 7.92. The molecule has 1 aromatic rings. The van der Waals surface area contributed by atoms with E-state index >= 15 is 0 Å². The first-order valence-electron chi connectivity index (χ1n) is 9.59. The van der Waals surface area contributed by atoms with E-state index in [1.165, 1.54) is 11.1 Å². The molecule has 28 heavy (non-hydrogen) atoms. The summed E-state index contributed by atoms with van der Waals surface area (Å²) < 4.78 is 11.9. The van der Waals surface area contributed by atoms with Crippen LogP contribution in [0.4, 0.5) is 0 Å². The van der Waals surface area contributed by atoms with E-state index in [-0.39, 0.29) is 30.1 Å². The molecule has 1 amide bonds. The first-order chi connectivity index (χ1) is 12.8. The van der Waals surface area contributed by atoms with Crippen LogP contribution in [0, 0.1) is 5.92 Å². The molecule has 3 atom stereocenters. The first-order valence-corrected chi connectivity index (χ1v) is 10.5. The minimum absolute atomic E-state index is 0.0309. The number of carbonyl (C=O) groups is 2. The lowest BCUT2D eigenvalue weighted by Crippen LogP contribution is -2.40. The predicted octanol–water partition coefficient (Wildman–Crippen LogP) is 3.26. The number of amides is 1. The zero-order valence-corrected chi connectivity index (χ0v) is 18.0. The van der Waals surface area contributed by atoms with Gasteiger partial charge in [0.1, 0.15) is 5.92 Å². The Morgan fingerprint density at radius 1 is 1.18 bits per heavy atom. The average Bonchev–Trinajstić information content (AvgIpc) is 2.58. The van der Waals surface area contributed by atoms with Gasteiger partial charge in [-0.2, -0.15) is 0 Å². The smallest absolute Gasteiger partial charge is 0.360 e. The molecule has 0 bridgehead atoms. The van der Waals surface area contributed by atoms with Crippen LogP contribution in [0.1, 0.15) is 70.1 Å².